The van der Waals surface area contributed by atoms with Crippen LogP contribution < -0.4 is 11.1 Å². The van der Waals surface area contributed by atoms with Gasteiger partial charge in [-0.2, -0.15) is 0 Å². The summed E-state index contributed by atoms with van der Waals surface area (Å²) in [4.78, 5) is 12.1. The second kappa shape index (κ2) is 6.99. The number of hydrogen-bond acceptors (Lipinski definition) is 3. The number of nitrogens with one attached hydrogen (secondary N) is 1. The van der Waals surface area contributed by atoms with Gasteiger partial charge in [0.1, 0.15) is 0 Å². The summed E-state index contributed by atoms with van der Waals surface area (Å²) < 4.78 is 0. The number of amidine groups is 1. The maximum Gasteiger partial charge on any atom is 0.252 e. The minimum absolute atomic E-state index is 0.00168. The summed E-state index contributed by atoms with van der Waals surface area (Å²) in [6, 6.07) is 4.55. The molecule has 1 rings (SSSR count). The number of benzene rings is 1. The molecule has 0 radical (unpaired) electrons. The van der Waals surface area contributed by atoms with Crippen molar-refractivity contribution in [2.45, 2.75) is 32.7 Å². The molecule has 104 valence electrons. The van der Waals surface area contributed by atoms with Crippen molar-refractivity contribution >= 4 is 23.3 Å². The van der Waals surface area contributed by atoms with E-state index < -0.39 is 6.04 Å². The van der Waals surface area contributed by atoms with Crippen LogP contribution in [0.4, 0.5) is 0 Å². The van der Waals surface area contributed by atoms with Crippen molar-refractivity contribution in [2.75, 3.05) is 0 Å². The number of carbonyl (C=O) groups excluding carboxylic acids is 1. The van der Waals surface area contributed by atoms with Crippen LogP contribution in [0.1, 0.15) is 35.7 Å². The number of hydrogen-bond donors (Lipinski definition) is 3. The molecular formula is C13H18ClN3O2. The molecule has 0 aliphatic carbocycles. The summed E-state index contributed by atoms with van der Waals surface area (Å²) in [5, 5.41) is 15.0. The molecule has 5 nitrogen and oxygen atoms in total. The van der Waals surface area contributed by atoms with Crippen molar-refractivity contribution in [3.8, 4) is 0 Å². The molecule has 0 bridgehead atoms. The topological polar surface area (TPSA) is 87.7 Å². The van der Waals surface area contributed by atoms with E-state index in [2.05, 4.69) is 10.5 Å². The SMILES string of the molecule is CCCC(NC(=O)c1ccc(Cl)cc1C)/C(N)=N/O. The lowest BCUT2D eigenvalue weighted by atomic mass is 10.1. The second-order valence-electron chi connectivity index (χ2n) is 4.30. The number of halogens is 1. The number of amides is 1. The molecule has 1 aromatic carbocycles. The molecule has 0 fully saturated rings. The number of oxime groups is 1. The molecule has 1 unspecified atom stereocenters. The summed E-state index contributed by atoms with van der Waals surface area (Å²) in [6.45, 7) is 3.76. The third-order valence-electron chi connectivity index (χ3n) is 2.79. The minimum Gasteiger partial charge on any atom is -0.409 e. The van der Waals surface area contributed by atoms with Gasteiger partial charge in [-0.05, 0) is 37.1 Å². The fourth-order valence-corrected chi connectivity index (χ4v) is 2.00. The Hall–Kier alpha value is -1.75. The lowest BCUT2D eigenvalue weighted by Gasteiger charge is -2.17. The zero-order valence-electron chi connectivity index (χ0n) is 11.0. The average molecular weight is 284 g/mol. The van der Waals surface area contributed by atoms with Gasteiger partial charge in [0.25, 0.3) is 5.91 Å². The maximum atomic E-state index is 12.1. The molecule has 0 saturated heterocycles. The van der Waals surface area contributed by atoms with E-state index in [0.29, 0.717) is 17.0 Å². The van der Waals surface area contributed by atoms with E-state index in [4.69, 9.17) is 22.5 Å². The highest BCUT2D eigenvalue weighted by molar-refractivity contribution is 6.30. The highest BCUT2D eigenvalue weighted by atomic mass is 35.5. The number of rotatable bonds is 5. The summed E-state index contributed by atoms with van der Waals surface area (Å²) in [5.74, 6) is -0.263. The van der Waals surface area contributed by atoms with Crippen LogP contribution in [0.3, 0.4) is 0 Å². The number of nitrogens with two attached hydrogens (primary N) is 1. The highest BCUT2D eigenvalue weighted by Crippen LogP contribution is 2.15. The molecule has 0 heterocycles. The van der Waals surface area contributed by atoms with Crippen LogP contribution in [0.15, 0.2) is 23.4 Å². The van der Waals surface area contributed by atoms with E-state index in [1.54, 1.807) is 25.1 Å². The molecule has 0 aromatic heterocycles. The van der Waals surface area contributed by atoms with Crippen LogP contribution in [0.25, 0.3) is 0 Å². The second-order valence-corrected chi connectivity index (χ2v) is 4.74. The monoisotopic (exact) mass is 283 g/mol. The van der Waals surface area contributed by atoms with E-state index in [1.807, 2.05) is 6.92 Å². The van der Waals surface area contributed by atoms with Gasteiger partial charge in [0.05, 0.1) is 6.04 Å². The lowest BCUT2D eigenvalue weighted by molar-refractivity contribution is 0.0944. The molecular weight excluding hydrogens is 266 g/mol. The molecule has 6 heteroatoms. The van der Waals surface area contributed by atoms with Crippen molar-refractivity contribution in [3.63, 3.8) is 0 Å². The van der Waals surface area contributed by atoms with Crippen LogP contribution >= 0.6 is 11.6 Å². The van der Waals surface area contributed by atoms with E-state index >= 15 is 0 Å². The van der Waals surface area contributed by atoms with E-state index in [0.717, 1.165) is 12.0 Å². The van der Waals surface area contributed by atoms with Gasteiger partial charge < -0.3 is 16.3 Å². The third-order valence-corrected chi connectivity index (χ3v) is 3.02. The first-order valence-electron chi connectivity index (χ1n) is 6.04. The molecule has 1 amide bonds. The van der Waals surface area contributed by atoms with Gasteiger partial charge in [-0.3, -0.25) is 4.79 Å². The first kappa shape index (κ1) is 15.3. The Morgan fingerprint density at radius 2 is 2.26 bits per heavy atom. The van der Waals surface area contributed by atoms with Gasteiger partial charge in [-0.25, -0.2) is 0 Å². The van der Waals surface area contributed by atoms with Gasteiger partial charge in [0, 0.05) is 10.6 Å². The Morgan fingerprint density at radius 3 is 2.79 bits per heavy atom. The predicted molar refractivity (Wildman–Crippen MR) is 75.8 cm³/mol. The number of nitrogens with zero attached hydrogens (tertiary/aromatic N) is 1. The smallest absolute Gasteiger partial charge is 0.252 e. The van der Waals surface area contributed by atoms with Crippen LogP contribution in [0, 0.1) is 6.92 Å². The van der Waals surface area contributed by atoms with E-state index in [1.165, 1.54) is 0 Å². The molecule has 0 saturated carbocycles. The Labute approximate surface area is 117 Å². The fourth-order valence-electron chi connectivity index (χ4n) is 1.77. The van der Waals surface area contributed by atoms with Crippen molar-refractivity contribution in [1.82, 2.24) is 5.32 Å². The van der Waals surface area contributed by atoms with E-state index in [-0.39, 0.29) is 11.7 Å². The normalized spacial score (nSPS) is 13.1. The quantitative estimate of drug-likeness (QED) is 0.335. The Balaban J connectivity index is 2.87. The van der Waals surface area contributed by atoms with E-state index in [9.17, 15) is 4.79 Å². The van der Waals surface area contributed by atoms with Crippen LogP contribution in [-0.2, 0) is 0 Å². The standard InChI is InChI=1S/C13H18ClN3O2/c1-3-4-11(12(15)17-19)16-13(18)10-6-5-9(14)7-8(10)2/h5-7,11,19H,3-4H2,1-2H3,(H2,15,17)(H,16,18). The minimum atomic E-state index is -0.474. The van der Waals surface area contributed by atoms with Crippen LogP contribution in [0.2, 0.25) is 5.02 Å². The summed E-state index contributed by atoms with van der Waals surface area (Å²) in [5.41, 5.74) is 6.86. The number of carbonyl (C=O) groups is 1. The predicted octanol–water partition coefficient (Wildman–Crippen LogP) is 2.29. The average Bonchev–Trinajstić information content (AvgIpc) is 2.37. The zero-order valence-corrected chi connectivity index (χ0v) is 11.7. The van der Waals surface area contributed by atoms with Crippen molar-refractivity contribution in [3.05, 3.63) is 34.3 Å². The Morgan fingerprint density at radius 1 is 1.58 bits per heavy atom. The molecule has 1 aromatic rings. The van der Waals surface area contributed by atoms with Gasteiger partial charge in [-0.15, -0.1) is 0 Å². The summed E-state index contributed by atoms with van der Waals surface area (Å²) >= 11 is 5.85. The number of aryl methyl sites for hydroxylation is 1. The molecule has 1 atom stereocenters. The highest BCUT2D eigenvalue weighted by Gasteiger charge is 2.18. The molecule has 0 aliphatic heterocycles. The largest absolute Gasteiger partial charge is 0.409 e. The summed E-state index contributed by atoms with van der Waals surface area (Å²) in [6.07, 6.45) is 1.41. The Kier molecular flexibility index (Phi) is 5.63. The summed E-state index contributed by atoms with van der Waals surface area (Å²) in [7, 11) is 0. The first-order chi connectivity index (χ1) is 8.99. The van der Waals surface area contributed by atoms with Gasteiger partial charge in [-0.1, -0.05) is 30.1 Å². The van der Waals surface area contributed by atoms with Gasteiger partial charge in [0.15, 0.2) is 5.84 Å². The van der Waals surface area contributed by atoms with Crippen LogP contribution in [-0.4, -0.2) is 23.0 Å². The fraction of sp³-hybridized carbons (Fsp3) is 0.385. The van der Waals surface area contributed by atoms with Crippen molar-refractivity contribution < 1.29 is 10.0 Å². The zero-order chi connectivity index (χ0) is 14.4. The lowest BCUT2D eigenvalue weighted by Crippen LogP contribution is -2.44. The Bertz CT molecular complexity index is 489. The maximum absolute atomic E-state index is 12.1. The molecule has 0 spiro atoms. The molecule has 0 aliphatic rings. The van der Waals surface area contributed by atoms with Gasteiger partial charge in [0.2, 0.25) is 0 Å². The third kappa shape index (κ3) is 4.13. The van der Waals surface area contributed by atoms with Crippen LogP contribution in [0.5, 0.6) is 0 Å². The molecule has 4 N–H and O–H groups in total. The van der Waals surface area contributed by atoms with Crippen molar-refractivity contribution in [2.24, 2.45) is 10.9 Å². The first-order valence-corrected chi connectivity index (χ1v) is 6.41. The van der Waals surface area contributed by atoms with Gasteiger partial charge >= 0.3 is 0 Å². The van der Waals surface area contributed by atoms with Crippen molar-refractivity contribution in [1.29, 1.82) is 0 Å². The molecule has 19 heavy (non-hydrogen) atoms.